The zero-order valence-electron chi connectivity index (χ0n) is 16.3. The molecule has 0 aliphatic carbocycles. The lowest BCUT2D eigenvalue weighted by atomic mass is 10.0. The smallest absolute Gasteiger partial charge is 0.237 e. The van der Waals surface area contributed by atoms with E-state index >= 15 is 0 Å². The lowest BCUT2D eigenvalue weighted by molar-refractivity contribution is -0.128. The average Bonchev–Trinajstić information content (AvgIpc) is 2.61. The molecule has 1 aliphatic rings. The predicted molar refractivity (Wildman–Crippen MR) is 106 cm³/mol. The second-order valence-corrected chi connectivity index (χ2v) is 7.45. The van der Waals surface area contributed by atoms with Crippen molar-refractivity contribution >= 4 is 5.91 Å². The van der Waals surface area contributed by atoms with Crippen LogP contribution in [0.25, 0.3) is 0 Å². The fourth-order valence-corrected chi connectivity index (χ4v) is 3.40. The Kier molecular flexibility index (Phi) is 8.00. The van der Waals surface area contributed by atoms with Crippen LogP contribution in [0.5, 0.6) is 5.75 Å². The summed E-state index contributed by atoms with van der Waals surface area (Å²) in [6.45, 7) is 7.59. The number of carbonyl (C=O) groups excluding carboxylic acids is 1. The summed E-state index contributed by atoms with van der Waals surface area (Å²) >= 11 is 0. The third-order valence-corrected chi connectivity index (χ3v) is 4.76. The van der Waals surface area contributed by atoms with Gasteiger partial charge in [0.05, 0.1) is 18.7 Å². The molecule has 1 aromatic rings. The van der Waals surface area contributed by atoms with Crippen molar-refractivity contribution < 1.29 is 9.53 Å². The number of amides is 1. The second kappa shape index (κ2) is 10.2. The Balaban J connectivity index is 1.79. The van der Waals surface area contributed by atoms with Crippen LogP contribution in [-0.2, 0) is 11.2 Å². The van der Waals surface area contributed by atoms with Crippen LogP contribution in [0, 0.1) is 12.3 Å². The summed E-state index contributed by atoms with van der Waals surface area (Å²) in [6, 6.07) is 8.29. The molecule has 0 bridgehead atoms. The first-order chi connectivity index (χ1) is 12.5. The molecule has 0 spiro atoms. The largest absolute Gasteiger partial charge is 0.491 e. The first-order valence-corrected chi connectivity index (χ1v) is 9.73. The number of piperidine rings is 1. The molecule has 4 heteroatoms. The standard InChI is InChI=1S/C22H32N2O2/c1-5-15-24-16-7-6-8-21(24)22(25)23-18(4)9-10-19-11-13-20(14-12-19)26-17(2)3/h1,11-14,17-18,21H,6-10,15-16H2,2-4H3,(H,23,25). The fraction of sp³-hybridized carbons (Fsp3) is 0.591. The van der Waals surface area contributed by atoms with E-state index in [1.807, 2.05) is 26.0 Å². The van der Waals surface area contributed by atoms with Crippen molar-refractivity contribution in [3.8, 4) is 18.1 Å². The molecular weight excluding hydrogens is 324 g/mol. The Morgan fingerprint density at radius 1 is 1.31 bits per heavy atom. The highest BCUT2D eigenvalue weighted by atomic mass is 16.5. The molecule has 1 N–H and O–H groups in total. The summed E-state index contributed by atoms with van der Waals surface area (Å²) in [5, 5.41) is 3.17. The fourth-order valence-electron chi connectivity index (χ4n) is 3.40. The zero-order valence-corrected chi connectivity index (χ0v) is 16.3. The normalized spacial score (nSPS) is 19.0. The van der Waals surface area contributed by atoms with Gasteiger partial charge in [0.1, 0.15) is 5.75 Å². The summed E-state index contributed by atoms with van der Waals surface area (Å²) < 4.78 is 5.67. The van der Waals surface area contributed by atoms with Crippen LogP contribution in [0.4, 0.5) is 0 Å². The third-order valence-electron chi connectivity index (χ3n) is 4.76. The van der Waals surface area contributed by atoms with E-state index in [1.54, 1.807) is 0 Å². The van der Waals surface area contributed by atoms with E-state index < -0.39 is 0 Å². The van der Waals surface area contributed by atoms with Gasteiger partial charge < -0.3 is 10.1 Å². The van der Waals surface area contributed by atoms with E-state index in [0.717, 1.165) is 44.4 Å². The summed E-state index contributed by atoms with van der Waals surface area (Å²) in [4.78, 5) is 14.7. The van der Waals surface area contributed by atoms with E-state index in [4.69, 9.17) is 11.2 Å². The van der Waals surface area contributed by atoms with Crippen LogP contribution in [0.1, 0.15) is 52.0 Å². The van der Waals surface area contributed by atoms with Crippen molar-refractivity contribution in [2.75, 3.05) is 13.1 Å². The molecule has 1 fully saturated rings. The van der Waals surface area contributed by atoms with Crippen molar-refractivity contribution in [2.45, 2.75) is 71.1 Å². The van der Waals surface area contributed by atoms with Crippen LogP contribution < -0.4 is 10.1 Å². The molecule has 0 radical (unpaired) electrons. The Morgan fingerprint density at radius 3 is 2.69 bits per heavy atom. The topological polar surface area (TPSA) is 41.6 Å². The molecule has 1 heterocycles. The molecule has 26 heavy (non-hydrogen) atoms. The van der Waals surface area contributed by atoms with Gasteiger partial charge in [-0.05, 0) is 70.7 Å². The van der Waals surface area contributed by atoms with Gasteiger partial charge in [-0.3, -0.25) is 9.69 Å². The minimum atomic E-state index is -0.0743. The lowest BCUT2D eigenvalue weighted by Gasteiger charge is -2.33. The van der Waals surface area contributed by atoms with Gasteiger partial charge in [-0.1, -0.05) is 24.5 Å². The summed E-state index contributed by atoms with van der Waals surface area (Å²) in [5.41, 5.74) is 1.26. The lowest BCUT2D eigenvalue weighted by Crippen LogP contribution is -2.51. The number of benzene rings is 1. The average molecular weight is 357 g/mol. The molecule has 1 saturated heterocycles. The van der Waals surface area contributed by atoms with E-state index in [9.17, 15) is 4.79 Å². The number of hydrogen-bond donors (Lipinski definition) is 1. The number of likely N-dealkylation sites (tertiary alicyclic amines) is 1. The van der Waals surface area contributed by atoms with Crippen LogP contribution in [0.3, 0.4) is 0 Å². The van der Waals surface area contributed by atoms with Crippen LogP contribution in [0.2, 0.25) is 0 Å². The highest BCUT2D eigenvalue weighted by Crippen LogP contribution is 2.18. The maximum absolute atomic E-state index is 12.6. The highest BCUT2D eigenvalue weighted by molar-refractivity contribution is 5.82. The molecule has 1 amide bonds. The Labute approximate surface area is 158 Å². The van der Waals surface area contributed by atoms with E-state index in [2.05, 4.69) is 35.2 Å². The number of hydrogen-bond acceptors (Lipinski definition) is 3. The SMILES string of the molecule is C#CCN1CCCCC1C(=O)NC(C)CCc1ccc(OC(C)C)cc1. The van der Waals surface area contributed by atoms with Gasteiger partial charge in [0, 0.05) is 6.04 Å². The predicted octanol–water partition coefficient (Wildman–Crippen LogP) is 3.40. The number of ether oxygens (including phenoxy) is 1. The molecule has 4 nitrogen and oxygen atoms in total. The van der Waals surface area contributed by atoms with Gasteiger partial charge in [0.25, 0.3) is 0 Å². The number of rotatable bonds is 8. The maximum atomic E-state index is 12.6. The van der Waals surface area contributed by atoms with Gasteiger partial charge in [-0.2, -0.15) is 0 Å². The Hall–Kier alpha value is -1.99. The van der Waals surface area contributed by atoms with Crippen LogP contribution in [-0.4, -0.2) is 42.1 Å². The molecule has 0 aromatic heterocycles. The minimum absolute atomic E-state index is 0.0743. The first kappa shape index (κ1) is 20.3. The maximum Gasteiger partial charge on any atom is 0.237 e. The van der Waals surface area contributed by atoms with Crippen molar-refractivity contribution in [3.63, 3.8) is 0 Å². The van der Waals surface area contributed by atoms with E-state index in [-0.39, 0.29) is 24.1 Å². The van der Waals surface area contributed by atoms with Crippen LogP contribution in [0.15, 0.2) is 24.3 Å². The summed E-state index contributed by atoms with van der Waals surface area (Å²) in [6.07, 6.45) is 10.6. The molecule has 142 valence electrons. The number of nitrogens with one attached hydrogen (secondary N) is 1. The molecule has 2 unspecified atom stereocenters. The van der Waals surface area contributed by atoms with Gasteiger partial charge in [-0.15, -0.1) is 6.42 Å². The van der Waals surface area contributed by atoms with Crippen molar-refractivity contribution in [1.82, 2.24) is 10.2 Å². The zero-order chi connectivity index (χ0) is 18.9. The van der Waals surface area contributed by atoms with Crippen LogP contribution >= 0.6 is 0 Å². The number of nitrogens with zero attached hydrogens (tertiary/aromatic N) is 1. The molecule has 0 saturated carbocycles. The monoisotopic (exact) mass is 356 g/mol. The molecule has 1 aromatic carbocycles. The van der Waals surface area contributed by atoms with Gasteiger partial charge in [0.15, 0.2) is 0 Å². The quantitative estimate of drug-likeness (QED) is 0.726. The van der Waals surface area contributed by atoms with E-state index in [1.165, 1.54) is 5.56 Å². The highest BCUT2D eigenvalue weighted by Gasteiger charge is 2.28. The van der Waals surface area contributed by atoms with Gasteiger partial charge in [-0.25, -0.2) is 0 Å². The molecule has 2 atom stereocenters. The number of aryl methyl sites for hydroxylation is 1. The summed E-state index contributed by atoms with van der Waals surface area (Å²) in [7, 11) is 0. The Bertz CT molecular complexity index is 604. The molecule has 2 rings (SSSR count). The Morgan fingerprint density at radius 2 is 2.04 bits per heavy atom. The minimum Gasteiger partial charge on any atom is -0.491 e. The summed E-state index contributed by atoms with van der Waals surface area (Å²) in [5.74, 6) is 3.69. The number of terminal acetylenes is 1. The third kappa shape index (κ3) is 6.38. The van der Waals surface area contributed by atoms with Crippen molar-refractivity contribution in [3.05, 3.63) is 29.8 Å². The van der Waals surface area contributed by atoms with Gasteiger partial charge in [0.2, 0.25) is 5.91 Å². The first-order valence-electron chi connectivity index (χ1n) is 9.73. The van der Waals surface area contributed by atoms with Gasteiger partial charge >= 0.3 is 0 Å². The molecular formula is C22H32N2O2. The van der Waals surface area contributed by atoms with Crippen molar-refractivity contribution in [1.29, 1.82) is 0 Å². The second-order valence-electron chi connectivity index (χ2n) is 7.45. The molecule has 1 aliphatic heterocycles. The number of carbonyl (C=O) groups is 1. The van der Waals surface area contributed by atoms with E-state index in [0.29, 0.717) is 6.54 Å². The van der Waals surface area contributed by atoms with Crippen molar-refractivity contribution in [2.24, 2.45) is 0 Å².